The number of ether oxygens (including phenoxy) is 1. The molecule has 0 amide bonds. The van der Waals surface area contributed by atoms with Crippen LogP contribution in [0.4, 0.5) is 5.69 Å². The molecule has 5 nitrogen and oxygen atoms in total. The Morgan fingerprint density at radius 1 is 1.47 bits per heavy atom. The Bertz CT molecular complexity index is 412. The Hall–Kier alpha value is -2.17. The van der Waals surface area contributed by atoms with E-state index in [1.165, 1.54) is 30.4 Å². The molecule has 0 fully saturated rings. The zero-order valence-electron chi connectivity index (χ0n) is 8.04. The van der Waals surface area contributed by atoms with Gasteiger partial charge in [0.15, 0.2) is 0 Å². The van der Waals surface area contributed by atoms with E-state index >= 15 is 0 Å². The van der Waals surface area contributed by atoms with Crippen molar-refractivity contribution in [1.82, 2.24) is 0 Å². The van der Waals surface area contributed by atoms with E-state index in [2.05, 4.69) is 0 Å². The molecule has 1 aromatic carbocycles. The molecule has 1 rings (SSSR count). The molecule has 0 unspecified atom stereocenters. The number of hydrogen-bond donors (Lipinski definition) is 0. The lowest BCUT2D eigenvalue weighted by atomic mass is 10.3. The minimum Gasteiger partial charge on any atom is -0.416 e. The number of rotatable bonds is 3. The highest BCUT2D eigenvalue weighted by Gasteiger charge is 2.15. The summed E-state index contributed by atoms with van der Waals surface area (Å²) in [4.78, 5) is 21.0. The third-order valence-corrected chi connectivity index (χ3v) is 1.58. The molecule has 5 heteroatoms. The first kappa shape index (κ1) is 10.9. The molecule has 0 N–H and O–H groups in total. The number of carbonyl (C=O) groups excluding carboxylic acids is 1. The molecule has 0 radical (unpaired) electrons. The number of esters is 1. The van der Waals surface area contributed by atoms with Crippen LogP contribution in [0.1, 0.15) is 6.92 Å². The van der Waals surface area contributed by atoms with Crippen LogP contribution in [-0.2, 0) is 4.79 Å². The van der Waals surface area contributed by atoms with Gasteiger partial charge in [-0.15, -0.1) is 0 Å². The van der Waals surface area contributed by atoms with Crippen LogP contribution in [0.2, 0.25) is 0 Å². The van der Waals surface area contributed by atoms with Crippen LogP contribution >= 0.6 is 0 Å². The Morgan fingerprint density at radius 2 is 2.13 bits per heavy atom. The summed E-state index contributed by atoms with van der Waals surface area (Å²) in [6, 6.07) is 5.72. The predicted octanol–water partition coefficient (Wildman–Crippen LogP) is 2.08. The Kier molecular flexibility index (Phi) is 3.56. The number of allylic oxidation sites excluding steroid dienone is 1. The Labute approximate surface area is 86.1 Å². The maximum atomic E-state index is 11.1. The highest BCUT2D eigenvalue weighted by molar-refractivity contribution is 5.84. The standard InChI is InChI=1S/C10H9NO4/c1-2-5-10(12)15-9-7-4-3-6-8(9)11(13)14/h2-7H,1H3/b5-2+. The number of nitrogens with zero attached hydrogens (tertiary/aromatic N) is 1. The molecule has 0 saturated carbocycles. The topological polar surface area (TPSA) is 69.4 Å². The molecule has 0 aliphatic rings. The van der Waals surface area contributed by atoms with Crippen molar-refractivity contribution < 1.29 is 14.5 Å². The Balaban J connectivity index is 2.94. The first-order valence-electron chi connectivity index (χ1n) is 4.23. The summed E-state index contributed by atoms with van der Waals surface area (Å²) in [6.45, 7) is 1.65. The second-order valence-corrected chi connectivity index (χ2v) is 2.65. The largest absolute Gasteiger partial charge is 0.416 e. The monoisotopic (exact) mass is 207 g/mol. The lowest BCUT2D eigenvalue weighted by Gasteiger charge is -2.01. The number of carbonyl (C=O) groups is 1. The molecular weight excluding hydrogens is 198 g/mol. The van der Waals surface area contributed by atoms with E-state index in [4.69, 9.17) is 4.74 Å². The van der Waals surface area contributed by atoms with Crippen LogP contribution in [0.25, 0.3) is 0 Å². The number of benzene rings is 1. The average Bonchev–Trinajstić information content (AvgIpc) is 2.18. The van der Waals surface area contributed by atoms with Crippen LogP contribution in [-0.4, -0.2) is 10.9 Å². The number of nitro groups is 1. The Morgan fingerprint density at radius 3 is 2.73 bits per heavy atom. The third kappa shape index (κ3) is 2.91. The molecule has 0 spiro atoms. The average molecular weight is 207 g/mol. The minimum absolute atomic E-state index is 0.0504. The van der Waals surface area contributed by atoms with Gasteiger partial charge in [0.2, 0.25) is 5.75 Å². The maximum Gasteiger partial charge on any atom is 0.336 e. The first-order valence-corrected chi connectivity index (χ1v) is 4.23. The van der Waals surface area contributed by atoms with E-state index in [0.717, 1.165) is 0 Å². The van der Waals surface area contributed by atoms with Crippen LogP contribution in [0.3, 0.4) is 0 Å². The zero-order chi connectivity index (χ0) is 11.3. The maximum absolute atomic E-state index is 11.1. The van der Waals surface area contributed by atoms with Gasteiger partial charge in [-0.1, -0.05) is 18.2 Å². The fraction of sp³-hybridized carbons (Fsp3) is 0.100. The van der Waals surface area contributed by atoms with Gasteiger partial charge in [0, 0.05) is 12.1 Å². The minimum atomic E-state index is -0.633. The van der Waals surface area contributed by atoms with Gasteiger partial charge in [0.25, 0.3) is 0 Å². The molecule has 78 valence electrons. The van der Waals surface area contributed by atoms with Crippen molar-refractivity contribution in [3.05, 3.63) is 46.5 Å². The van der Waals surface area contributed by atoms with Gasteiger partial charge in [0.1, 0.15) is 0 Å². The zero-order valence-corrected chi connectivity index (χ0v) is 8.04. The van der Waals surface area contributed by atoms with Gasteiger partial charge >= 0.3 is 11.7 Å². The fourth-order valence-electron chi connectivity index (χ4n) is 0.973. The van der Waals surface area contributed by atoms with E-state index in [-0.39, 0.29) is 11.4 Å². The molecule has 0 aromatic heterocycles. The van der Waals surface area contributed by atoms with Crippen molar-refractivity contribution in [2.75, 3.05) is 0 Å². The molecular formula is C10H9NO4. The summed E-state index contributed by atoms with van der Waals surface area (Å²) >= 11 is 0. The van der Waals surface area contributed by atoms with E-state index in [0.29, 0.717) is 0 Å². The summed E-state index contributed by atoms with van der Waals surface area (Å²) in [5, 5.41) is 10.6. The second-order valence-electron chi connectivity index (χ2n) is 2.65. The van der Waals surface area contributed by atoms with Crippen molar-refractivity contribution in [3.63, 3.8) is 0 Å². The van der Waals surface area contributed by atoms with Crippen molar-refractivity contribution in [1.29, 1.82) is 0 Å². The SMILES string of the molecule is C/C=C/C(=O)Oc1ccccc1[N+](=O)[O-]. The summed E-state index contributed by atoms with van der Waals surface area (Å²) in [6.07, 6.45) is 2.69. The molecule has 0 saturated heterocycles. The van der Waals surface area contributed by atoms with E-state index in [1.807, 2.05) is 0 Å². The predicted molar refractivity (Wildman–Crippen MR) is 53.5 cm³/mol. The molecule has 0 heterocycles. The summed E-state index contributed by atoms with van der Waals surface area (Å²) in [5.41, 5.74) is -0.227. The highest BCUT2D eigenvalue weighted by atomic mass is 16.6. The third-order valence-electron chi connectivity index (χ3n) is 1.58. The number of hydrogen-bond acceptors (Lipinski definition) is 4. The van der Waals surface area contributed by atoms with Crippen molar-refractivity contribution in [3.8, 4) is 5.75 Å². The van der Waals surface area contributed by atoms with E-state index < -0.39 is 10.9 Å². The smallest absolute Gasteiger partial charge is 0.336 e. The lowest BCUT2D eigenvalue weighted by Crippen LogP contribution is -2.05. The highest BCUT2D eigenvalue weighted by Crippen LogP contribution is 2.25. The van der Waals surface area contributed by atoms with E-state index in [1.54, 1.807) is 13.0 Å². The van der Waals surface area contributed by atoms with Crippen molar-refractivity contribution >= 4 is 11.7 Å². The van der Waals surface area contributed by atoms with Crippen molar-refractivity contribution in [2.24, 2.45) is 0 Å². The van der Waals surface area contributed by atoms with Gasteiger partial charge in [-0.3, -0.25) is 10.1 Å². The molecule has 15 heavy (non-hydrogen) atoms. The van der Waals surface area contributed by atoms with Gasteiger partial charge in [-0.2, -0.15) is 0 Å². The second kappa shape index (κ2) is 4.90. The van der Waals surface area contributed by atoms with E-state index in [9.17, 15) is 14.9 Å². The molecule has 0 aliphatic carbocycles. The molecule has 0 bridgehead atoms. The molecule has 1 aromatic rings. The summed E-state index contributed by atoms with van der Waals surface area (Å²) in [5.74, 6) is -0.683. The van der Waals surface area contributed by atoms with Crippen molar-refractivity contribution in [2.45, 2.75) is 6.92 Å². The van der Waals surface area contributed by atoms with Crippen LogP contribution < -0.4 is 4.74 Å². The lowest BCUT2D eigenvalue weighted by molar-refractivity contribution is -0.385. The number of nitro benzene ring substituents is 1. The van der Waals surface area contributed by atoms with Crippen LogP contribution in [0.5, 0.6) is 5.75 Å². The summed E-state index contributed by atoms with van der Waals surface area (Å²) < 4.78 is 4.78. The van der Waals surface area contributed by atoms with Gasteiger partial charge in [-0.05, 0) is 13.0 Å². The quantitative estimate of drug-likeness (QED) is 0.250. The normalized spacial score (nSPS) is 10.2. The molecule has 0 aliphatic heterocycles. The van der Waals surface area contributed by atoms with Gasteiger partial charge in [0.05, 0.1) is 4.92 Å². The summed E-state index contributed by atoms with van der Waals surface area (Å²) in [7, 11) is 0. The van der Waals surface area contributed by atoms with Gasteiger partial charge in [-0.25, -0.2) is 4.79 Å². The number of para-hydroxylation sites is 2. The fourth-order valence-corrected chi connectivity index (χ4v) is 0.973. The first-order chi connectivity index (χ1) is 7.15. The van der Waals surface area contributed by atoms with Gasteiger partial charge < -0.3 is 4.74 Å². The van der Waals surface area contributed by atoms with Crippen LogP contribution in [0.15, 0.2) is 36.4 Å². The van der Waals surface area contributed by atoms with Crippen LogP contribution in [0, 0.1) is 10.1 Å². The molecule has 0 atom stereocenters.